The molecule has 0 aliphatic carbocycles. The van der Waals surface area contributed by atoms with Gasteiger partial charge in [0.05, 0.1) is 22.6 Å². The number of aromatic nitrogens is 4. The van der Waals surface area contributed by atoms with Crippen LogP contribution in [0.2, 0.25) is 0 Å². The molecule has 2 aromatic carbocycles. The van der Waals surface area contributed by atoms with Crippen LogP contribution in [0, 0.1) is 17.1 Å². The predicted octanol–water partition coefficient (Wildman–Crippen LogP) is 2.79. The number of rotatable bonds is 5. The SMILES string of the molecule is C[C@H](Sc1nnnn1-c1cccc(F)c1)C(=O)Nc1cccc(C#N)c1. The fraction of sp³-hybridized carbons (Fsp3) is 0.118. The lowest BCUT2D eigenvalue weighted by molar-refractivity contribution is -0.115. The quantitative estimate of drug-likeness (QED) is 0.696. The Bertz CT molecular complexity index is 983. The highest BCUT2D eigenvalue weighted by atomic mass is 32.2. The third kappa shape index (κ3) is 4.04. The second kappa shape index (κ2) is 7.76. The van der Waals surface area contributed by atoms with Gasteiger partial charge in [0.1, 0.15) is 5.82 Å². The molecule has 9 heteroatoms. The summed E-state index contributed by atoms with van der Waals surface area (Å²) in [5.74, 6) is -0.670. The van der Waals surface area contributed by atoms with Crippen molar-refractivity contribution >= 4 is 23.4 Å². The summed E-state index contributed by atoms with van der Waals surface area (Å²) in [6.45, 7) is 1.71. The van der Waals surface area contributed by atoms with Crippen molar-refractivity contribution in [3.63, 3.8) is 0 Å². The molecular formula is C17H13FN6OS. The van der Waals surface area contributed by atoms with Crippen LogP contribution in [0.25, 0.3) is 5.69 Å². The molecular weight excluding hydrogens is 355 g/mol. The van der Waals surface area contributed by atoms with Gasteiger partial charge in [-0.15, -0.1) is 5.10 Å². The van der Waals surface area contributed by atoms with Crippen LogP contribution in [0.4, 0.5) is 10.1 Å². The number of anilines is 1. The molecule has 0 radical (unpaired) electrons. The van der Waals surface area contributed by atoms with E-state index in [-0.39, 0.29) is 5.91 Å². The Hall–Kier alpha value is -3.25. The van der Waals surface area contributed by atoms with Gasteiger partial charge in [0.2, 0.25) is 11.1 Å². The van der Waals surface area contributed by atoms with Gasteiger partial charge >= 0.3 is 0 Å². The molecule has 1 atom stereocenters. The lowest BCUT2D eigenvalue weighted by Gasteiger charge is -2.12. The van der Waals surface area contributed by atoms with Crippen molar-refractivity contribution in [2.75, 3.05) is 5.32 Å². The molecule has 1 amide bonds. The minimum Gasteiger partial charge on any atom is -0.325 e. The first-order valence-electron chi connectivity index (χ1n) is 7.59. The summed E-state index contributed by atoms with van der Waals surface area (Å²) >= 11 is 1.14. The molecule has 1 heterocycles. The number of nitriles is 1. The molecule has 0 bridgehead atoms. The second-order valence-electron chi connectivity index (χ2n) is 5.30. The molecule has 1 aromatic heterocycles. The smallest absolute Gasteiger partial charge is 0.237 e. The highest BCUT2D eigenvalue weighted by Gasteiger charge is 2.19. The van der Waals surface area contributed by atoms with E-state index in [0.29, 0.717) is 22.1 Å². The maximum Gasteiger partial charge on any atom is 0.237 e. The molecule has 0 aliphatic heterocycles. The number of thioether (sulfide) groups is 1. The molecule has 0 unspecified atom stereocenters. The van der Waals surface area contributed by atoms with E-state index in [1.54, 1.807) is 43.3 Å². The number of hydrogen-bond acceptors (Lipinski definition) is 6. The molecule has 0 fully saturated rings. The van der Waals surface area contributed by atoms with Crippen LogP contribution in [-0.2, 0) is 4.79 Å². The summed E-state index contributed by atoms with van der Waals surface area (Å²) in [5.41, 5.74) is 1.45. The highest BCUT2D eigenvalue weighted by molar-refractivity contribution is 8.00. The number of amides is 1. The largest absolute Gasteiger partial charge is 0.325 e. The lowest BCUT2D eigenvalue weighted by Crippen LogP contribution is -2.23. The molecule has 26 heavy (non-hydrogen) atoms. The predicted molar refractivity (Wildman–Crippen MR) is 94.2 cm³/mol. The van der Waals surface area contributed by atoms with Gasteiger partial charge in [0, 0.05) is 5.69 Å². The van der Waals surface area contributed by atoms with Crippen molar-refractivity contribution in [3.8, 4) is 11.8 Å². The van der Waals surface area contributed by atoms with Gasteiger partial charge in [0.25, 0.3) is 0 Å². The molecule has 3 aromatic rings. The van der Waals surface area contributed by atoms with E-state index >= 15 is 0 Å². The van der Waals surface area contributed by atoms with Crippen LogP contribution in [0.1, 0.15) is 12.5 Å². The first-order valence-corrected chi connectivity index (χ1v) is 8.47. The maximum atomic E-state index is 13.4. The van der Waals surface area contributed by atoms with E-state index < -0.39 is 11.1 Å². The van der Waals surface area contributed by atoms with Gasteiger partial charge in [-0.25, -0.2) is 4.39 Å². The minimum atomic E-state index is -0.515. The number of nitrogens with zero attached hydrogens (tertiary/aromatic N) is 5. The normalized spacial score (nSPS) is 11.6. The van der Waals surface area contributed by atoms with Gasteiger partial charge in [-0.2, -0.15) is 9.94 Å². The fourth-order valence-corrected chi connectivity index (χ4v) is 2.95. The van der Waals surface area contributed by atoms with E-state index in [9.17, 15) is 9.18 Å². The lowest BCUT2D eigenvalue weighted by atomic mass is 10.2. The summed E-state index contributed by atoms with van der Waals surface area (Å²) < 4.78 is 14.8. The van der Waals surface area contributed by atoms with E-state index in [1.165, 1.54) is 16.8 Å². The van der Waals surface area contributed by atoms with Crippen LogP contribution in [0.3, 0.4) is 0 Å². The second-order valence-corrected chi connectivity index (χ2v) is 6.60. The molecule has 130 valence electrons. The summed E-state index contributed by atoms with van der Waals surface area (Å²) in [6.07, 6.45) is 0. The Morgan fingerprint density at radius 1 is 1.31 bits per heavy atom. The van der Waals surface area contributed by atoms with E-state index in [0.717, 1.165) is 11.8 Å². The van der Waals surface area contributed by atoms with Gasteiger partial charge < -0.3 is 5.32 Å². The molecule has 0 saturated heterocycles. The number of carbonyl (C=O) groups excluding carboxylic acids is 1. The van der Waals surface area contributed by atoms with E-state index in [2.05, 4.69) is 20.8 Å². The Balaban J connectivity index is 1.72. The van der Waals surface area contributed by atoms with Crippen LogP contribution < -0.4 is 5.32 Å². The first kappa shape index (κ1) is 17.6. The number of hydrogen-bond donors (Lipinski definition) is 1. The summed E-state index contributed by atoms with van der Waals surface area (Å²) in [5, 5.41) is 22.9. The Kier molecular flexibility index (Phi) is 5.24. The molecule has 1 N–H and O–H groups in total. The zero-order valence-electron chi connectivity index (χ0n) is 13.6. The zero-order valence-corrected chi connectivity index (χ0v) is 14.4. The van der Waals surface area contributed by atoms with Gasteiger partial charge in [0.15, 0.2) is 0 Å². The molecule has 0 spiro atoms. The zero-order chi connectivity index (χ0) is 18.5. The maximum absolute atomic E-state index is 13.4. The van der Waals surface area contributed by atoms with Crippen LogP contribution >= 0.6 is 11.8 Å². The van der Waals surface area contributed by atoms with Gasteiger partial charge in [-0.05, 0) is 53.7 Å². The standard InChI is InChI=1S/C17H13FN6OS/c1-11(16(25)20-14-6-2-4-12(8-14)10-19)26-17-21-22-23-24(17)15-7-3-5-13(18)9-15/h2-9,11H,1H3,(H,20,25)/t11-/m0/s1. The van der Waals surface area contributed by atoms with E-state index in [4.69, 9.17) is 5.26 Å². The van der Waals surface area contributed by atoms with Crippen molar-refractivity contribution in [3.05, 3.63) is 59.9 Å². The molecule has 0 saturated carbocycles. The topological polar surface area (TPSA) is 96.5 Å². The van der Waals surface area contributed by atoms with Crippen LogP contribution in [-0.4, -0.2) is 31.4 Å². The average Bonchev–Trinajstić information content (AvgIpc) is 3.10. The van der Waals surface area contributed by atoms with Gasteiger partial charge in [-0.3, -0.25) is 4.79 Å². The first-order chi connectivity index (χ1) is 12.6. The number of nitrogens with one attached hydrogen (secondary N) is 1. The third-order valence-corrected chi connectivity index (χ3v) is 4.44. The van der Waals surface area contributed by atoms with Crippen molar-refractivity contribution in [2.24, 2.45) is 0 Å². The highest BCUT2D eigenvalue weighted by Crippen LogP contribution is 2.24. The summed E-state index contributed by atoms with van der Waals surface area (Å²) in [7, 11) is 0. The van der Waals surface area contributed by atoms with Gasteiger partial charge in [-0.1, -0.05) is 23.9 Å². The Morgan fingerprint density at radius 3 is 2.88 bits per heavy atom. The number of carbonyl (C=O) groups is 1. The Labute approximate surface area is 152 Å². The number of benzene rings is 2. The summed E-state index contributed by atoms with van der Waals surface area (Å²) in [4.78, 5) is 12.4. The Morgan fingerprint density at radius 2 is 2.12 bits per heavy atom. The van der Waals surface area contributed by atoms with E-state index in [1.807, 2.05) is 6.07 Å². The average molecular weight is 368 g/mol. The van der Waals surface area contributed by atoms with Crippen LogP contribution in [0.15, 0.2) is 53.7 Å². The number of tetrazole rings is 1. The molecule has 7 nitrogen and oxygen atoms in total. The summed E-state index contributed by atoms with van der Waals surface area (Å²) in [6, 6.07) is 14.5. The van der Waals surface area contributed by atoms with Crippen molar-refractivity contribution in [2.45, 2.75) is 17.3 Å². The molecule has 3 rings (SSSR count). The molecule has 0 aliphatic rings. The monoisotopic (exact) mass is 368 g/mol. The van der Waals surface area contributed by atoms with Crippen molar-refractivity contribution in [1.29, 1.82) is 5.26 Å². The minimum absolute atomic E-state index is 0.265. The van der Waals surface area contributed by atoms with Crippen molar-refractivity contribution in [1.82, 2.24) is 20.2 Å². The fourth-order valence-electron chi connectivity index (χ4n) is 2.14. The van der Waals surface area contributed by atoms with Crippen LogP contribution in [0.5, 0.6) is 0 Å². The van der Waals surface area contributed by atoms with Crippen molar-refractivity contribution < 1.29 is 9.18 Å². The number of halogens is 1. The third-order valence-electron chi connectivity index (χ3n) is 3.40.